The first-order chi connectivity index (χ1) is 23.2. The van der Waals surface area contributed by atoms with E-state index in [0.717, 1.165) is 54.8 Å². The van der Waals surface area contributed by atoms with E-state index in [0.29, 0.717) is 36.6 Å². The number of ether oxygens (including phenoxy) is 3. The molecule has 48 heavy (non-hydrogen) atoms. The molecule has 2 aromatic rings. The Hall–Kier alpha value is -3.87. The quantitative estimate of drug-likeness (QED) is 0.324. The lowest BCUT2D eigenvalue weighted by molar-refractivity contribution is -0.145. The molecule has 3 N–H and O–H groups in total. The Bertz CT molecular complexity index is 1580. The topological polar surface area (TPSA) is 156 Å². The highest BCUT2D eigenvalue weighted by atomic mass is 79.9. The number of amides is 3. The standard InChI is InChI=1S/C35H43BrN4O8/c1-2-46-29-18-28(25-14-9-15-26(36)31(25)38-29)47-24-17-27-32(42)39-35(33(43)44)19-21(35)10-5-3-4-6-11-22(16-30(41)40(27)20-24)37-34(45)48-23-12-7-8-13-23/h5,9-10,14-15,18,21-24,27H,2-4,6-8,11-13,16-17,19-20H2,1H3,(H,37,45)(H,39,42)(H,43,44)/b10-5-/t21-,22-,24+,27-,35+/m0/s1. The Morgan fingerprint density at radius 1 is 1.15 bits per heavy atom. The minimum atomic E-state index is -1.41. The van der Waals surface area contributed by atoms with Crippen molar-refractivity contribution >= 4 is 50.7 Å². The maximum atomic E-state index is 14.0. The van der Waals surface area contributed by atoms with Crippen molar-refractivity contribution < 1.29 is 38.5 Å². The van der Waals surface area contributed by atoms with Gasteiger partial charge in [-0.05, 0) is 86.4 Å². The lowest BCUT2D eigenvalue weighted by Crippen LogP contribution is -2.53. The maximum Gasteiger partial charge on any atom is 0.407 e. The van der Waals surface area contributed by atoms with Crippen molar-refractivity contribution in [3.63, 3.8) is 0 Å². The number of pyridine rings is 1. The number of fused-ring (bicyclic) bond motifs is 3. The van der Waals surface area contributed by atoms with Gasteiger partial charge >= 0.3 is 12.1 Å². The van der Waals surface area contributed by atoms with Crippen molar-refractivity contribution in [3.05, 3.63) is 40.9 Å². The molecule has 2 saturated carbocycles. The van der Waals surface area contributed by atoms with Gasteiger partial charge in [0.05, 0.1) is 18.7 Å². The molecule has 0 bridgehead atoms. The minimum absolute atomic E-state index is 0.0293. The highest BCUT2D eigenvalue weighted by Gasteiger charge is 2.61. The third-order valence-corrected chi connectivity index (χ3v) is 10.4. The summed E-state index contributed by atoms with van der Waals surface area (Å²) in [6, 6.07) is 5.87. The number of benzene rings is 1. The molecule has 5 atom stereocenters. The van der Waals surface area contributed by atoms with Gasteiger partial charge in [0.1, 0.15) is 29.5 Å². The van der Waals surface area contributed by atoms with Crippen molar-refractivity contribution in [2.24, 2.45) is 5.92 Å². The van der Waals surface area contributed by atoms with Crippen molar-refractivity contribution in [2.75, 3.05) is 13.2 Å². The fraction of sp³-hybridized carbons (Fsp3) is 0.571. The number of nitrogens with zero attached hydrogens (tertiary/aromatic N) is 2. The molecule has 1 saturated heterocycles. The van der Waals surface area contributed by atoms with E-state index in [1.165, 1.54) is 4.90 Å². The SMILES string of the molecule is CCOc1cc(O[C@@H]2C[C@H]3C(=O)N[C@]4(C(=O)O)C[C@@H]4/C=C\CCCC[C@H](NC(=O)OC4CCCC4)CC(=O)N3C2)c2cccc(Br)c2n1. The van der Waals surface area contributed by atoms with Crippen LogP contribution in [0.5, 0.6) is 11.6 Å². The van der Waals surface area contributed by atoms with Gasteiger partial charge in [-0.2, -0.15) is 0 Å². The van der Waals surface area contributed by atoms with E-state index in [4.69, 9.17) is 14.2 Å². The van der Waals surface area contributed by atoms with Crippen molar-refractivity contribution in [3.8, 4) is 11.6 Å². The minimum Gasteiger partial charge on any atom is -0.488 e. The van der Waals surface area contributed by atoms with E-state index in [-0.39, 0.29) is 37.3 Å². The van der Waals surface area contributed by atoms with Crippen molar-refractivity contribution in [1.82, 2.24) is 20.5 Å². The van der Waals surface area contributed by atoms with Gasteiger partial charge < -0.3 is 34.9 Å². The number of hydrogen-bond acceptors (Lipinski definition) is 8. The largest absolute Gasteiger partial charge is 0.488 e. The molecule has 2 aliphatic heterocycles. The molecule has 12 nitrogen and oxygen atoms in total. The zero-order chi connectivity index (χ0) is 33.8. The number of carbonyl (C=O) groups excluding carboxylic acids is 3. The van der Waals surface area contributed by atoms with Gasteiger partial charge in [-0.3, -0.25) is 9.59 Å². The normalized spacial score (nSPS) is 28.8. The summed E-state index contributed by atoms with van der Waals surface area (Å²) in [4.78, 5) is 59.3. The van der Waals surface area contributed by atoms with Crippen LogP contribution in [0.4, 0.5) is 4.79 Å². The monoisotopic (exact) mass is 726 g/mol. The number of aromatic nitrogens is 1. The second-order valence-electron chi connectivity index (χ2n) is 13.2. The number of halogens is 1. The molecular weight excluding hydrogens is 684 g/mol. The number of alkyl carbamates (subject to hydrolysis) is 1. The molecule has 6 rings (SSSR count). The molecule has 3 heterocycles. The third kappa shape index (κ3) is 7.55. The summed E-state index contributed by atoms with van der Waals surface area (Å²) in [5.41, 5.74) is -0.759. The molecule has 0 radical (unpaired) electrons. The second kappa shape index (κ2) is 14.7. The van der Waals surface area contributed by atoms with Gasteiger partial charge in [0.2, 0.25) is 17.7 Å². The van der Waals surface area contributed by atoms with E-state index in [9.17, 15) is 24.3 Å². The number of nitrogens with one attached hydrogen (secondary N) is 2. The summed E-state index contributed by atoms with van der Waals surface area (Å²) in [7, 11) is 0. The van der Waals surface area contributed by atoms with Gasteiger partial charge in [0, 0.05) is 40.7 Å². The molecule has 1 aromatic heterocycles. The summed E-state index contributed by atoms with van der Waals surface area (Å²) >= 11 is 3.56. The number of rotatable bonds is 7. The first-order valence-corrected chi connectivity index (χ1v) is 17.8. The van der Waals surface area contributed by atoms with Crippen LogP contribution in [0.25, 0.3) is 10.9 Å². The average Bonchev–Trinajstić information content (AvgIpc) is 3.33. The van der Waals surface area contributed by atoms with Crippen molar-refractivity contribution in [1.29, 1.82) is 0 Å². The Morgan fingerprint density at radius 3 is 2.71 bits per heavy atom. The molecule has 4 aliphatic rings. The van der Waals surface area contributed by atoms with Crippen LogP contribution in [-0.4, -0.2) is 81.8 Å². The molecule has 258 valence electrons. The summed E-state index contributed by atoms with van der Waals surface area (Å²) in [6.07, 6.45) is 9.59. The summed E-state index contributed by atoms with van der Waals surface area (Å²) in [6.45, 7) is 2.36. The fourth-order valence-electron chi connectivity index (χ4n) is 7.16. The van der Waals surface area contributed by atoms with Gasteiger partial charge in [-0.1, -0.05) is 24.6 Å². The predicted octanol–water partition coefficient (Wildman–Crippen LogP) is 5.26. The van der Waals surface area contributed by atoms with Crippen LogP contribution < -0.4 is 20.1 Å². The molecular formula is C35H43BrN4O8. The predicted molar refractivity (Wildman–Crippen MR) is 180 cm³/mol. The van der Waals surface area contributed by atoms with Gasteiger partial charge in [-0.25, -0.2) is 14.6 Å². The number of carboxylic acids is 1. The average molecular weight is 728 g/mol. The molecule has 0 spiro atoms. The van der Waals surface area contributed by atoms with Gasteiger partial charge in [0.15, 0.2) is 0 Å². The third-order valence-electron chi connectivity index (χ3n) is 9.80. The lowest BCUT2D eigenvalue weighted by atomic mass is 10.0. The van der Waals surface area contributed by atoms with E-state index in [1.54, 1.807) is 6.07 Å². The van der Waals surface area contributed by atoms with E-state index in [1.807, 2.05) is 37.3 Å². The van der Waals surface area contributed by atoms with E-state index in [2.05, 4.69) is 31.5 Å². The van der Waals surface area contributed by atoms with Crippen molar-refractivity contribution in [2.45, 2.75) is 107 Å². The Morgan fingerprint density at radius 2 is 1.94 bits per heavy atom. The van der Waals surface area contributed by atoms with E-state index >= 15 is 0 Å². The fourth-order valence-corrected chi connectivity index (χ4v) is 7.61. The van der Waals surface area contributed by atoms with Crippen LogP contribution in [0.2, 0.25) is 0 Å². The van der Waals surface area contributed by atoms with Crippen LogP contribution in [0.1, 0.15) is 77.6 Å². The molecule has 13 heteroatoms. The Labute approximate surface area is 288 Å². The summed E-state index contributed by atoms with van der Waals surface area (Å²) in [5.74, 6) is -1.42. The van der Waals surface area contributed by atoms with Gasteiger partial charge in [0.25, 0.3) is 0 Å². The number of carbonyl (C=O) groups is 4. The zero-order valence-electron chi connectivity index (χ0n) is 27.1. The van der Waals surface area contributed by atoms with Crippen LogP contribution >= 0.6 is 15.9 Å². The van der Waals surface area contributed by atoms with Crippen LogP contribution in [0.3, 0.4) is 0 Å². The highest BCUT2D eigenvalue weighted by Crippen LogP contribution is 2.45. The smallest absolute Gasteiger partial charge is 0.407 e. The summed E-state index contributed by atoms with van der Waals surface area (Å²) in [5, 5.41) is 16.6. The van der Waals surface area contributed by atoms with Gasteiger partial charge in [-0.15, -0.1) is 0 Å². The Balaban J connectivity index is 1.26. The number of allylic oxidation sites excluding steroid dienone is 1. The molecule has 0 unspecified atom stereocenters. The first kappa shape index (κ1) is 34.0. The molecule has 3 amide bonds. The summed E-state index contributed by atoms with van der Waals surface area (Å²) < 4.78 is 18.6. The number of carboxylic acid groups (broad SMARTS) is 1. The van der Waals surface area contributed by atoms with Crippen LogP contribution in [0, 0.1) is 5.92 Å². The maximum absolute atomic E-state index is 14.0. The highest BCUT2D eigenvalue weighted by molar-refractivity contribution is 9.10. The molecule has 2 aliphatic carbocycles. The Kier molecular flexibility index (Phi) is 10.4. The molecule has 1 aromatic carbocycles. The molecule has 3 fully saturated rings. The first-order valence-electron chi connectivity index (χ1n) is 17.0. The lowest BCUT2D eigenvalue weighted by Gasteiger charge is -2.27. The number of aliphatic carboxylic acids is 1. The number of para-hydroxylation sites is 1. The van der Waals surface area contributed by atoms with E-state index < -0.39 is 41.7 Å². The number of hydrogen-bond donors (Lipinski definition) is 3. The second-order valence-corrected chi connectivity index (χ2v) is 14.1. The van der Waals surface area contributed by atoms with Crippen LogP contribution in [0.15, 0.2) is 40.9 Å². The van der Waals surface area contributed by atoms with Crippen LogP contribution in [-0.2, 0) is 19.1 Å². The zero-order valence-corrected chi connectivity index (χ0v) is 28.7.